The number of nitrogens with one attached hydrogen (secondary N) is 1. The molecule has 1 atom stereocenters. The van der Waals surface area contributed by atoms with E-state index in [2.05, 4.69) is 15.5 Å². The van der Waals surface area contributed by atoms with E-state index in [4.69, 9.17) is 9.63 Å². The van der Waals surface area contributed by atoms with E-state index in [0.29, 0.717) is 30.0 Å². The standard InChI is InChI=1S/C30H24F5N3O3/c1-14-9-22(24(31)13-21(14)20-3-2-4-23(26(20)32)30(33,34)35)28-37-27(38-41-28)16-5-7-19-15(10-16)6-8-25(19)36-18-11-17(12-18)29(39)40/h2-5,7,9-10,13,17-18,25,36H,6,8,11-12H2,1H3,(H,39,40). The Kier molecular flexibility index (Phi) is 6.64. The van der Waals surface area contributed by atoms with Gasteiger partial charge in [0.1, 0.15) is 11.6 Å². The Morgan fingerprint density at radius 2 is 1.83 bits per heavy atom. The Bertz CT molecular complexity index is 1660. The Morgan fingerprint density at radius 3 is 2.56 bits per heavy atom. The fourth-order valence-electron chi connectivity index (χ4n) is 5.71. The van der Waals surface area contributed by atoms with Crippen LogP contribution >= 0.6 is 0 Å². The number of aryl methyl sites for hydroxylation is 2. The number of alkyl halides is 3. The molecule has 212 valence electrons. The van der Waals surface area contributed by atoms with Crippen molar-refractivity contribution < 1.29 is 36.4 Å². The van der Waals surface area contributed by atoms with Gasteiger partial charge in [-0.2, -0.15) is 18.2 Å². The van der Waals surface area contributed by atoms with Gasteiger partial charge in [-0.15, -0.1) is 0 Å². The van der Waals surface area contributed by atoms with Crippen LogP contribution in [0.3, 0.4) is 0 Å². The molecule has 0 spiro atoms. The van der Waals surface area contributed by atoms with Gasteiger partial charge >= 0.3 is 12.1 Å². The largest absolute Gasteiger partial charge is 0.481 e. The molecule has 0 saturated heterocycles. The Hall–Kier alpha value is -4.12. The Morgan fingerprint density at radius 1 is 1.05 bits per heavy atom. The van der Waals surface area contributed by atoms with Crippen LogP contribution in [-0.4, -0.2) is 27.3 Å². The highest BCUT2D eigenvalue weighted by molar-refractivity contribution is 5.73. The Balaban J connectivity index is 1.23. The average Bonchev–Trinajstić information content (AvgIpc) is 3.53. The van der Waals surface area contributed by atoms with Crippen LogP contribution < -0.4 is 5.32 Å². The molecule has 41 heavy (non-hydrogen) atoms. The summed E-state index contributed by atoms with van der Waals surface area (Å²) < 4.78 is 74.8. The quantitative estimate of drug-likeness (QED) is 0.241. The zero-order valence-electron chi connectivity index (χ0n) is 21.7. The fourth-order valence-corrected chi connectivity index (χ4v) is 5.71. The molecule has 1 heterocycles. The van der Waals surface area contributed by atoms with E-state index in [-0.39, 0.29) is 46.4 Å². The van der Waals surface area contributed by atoms with Gasteiger partial charge in [0.15, 0.2) is 0 Å². The van der Waals surface area contributed by atoms with Gasteiger partial charge < -0.3 is 14.9 Å². The third-order valence-corrected chi connectivity index (χ3v) is 7.97. The zero-order chi connectivity index (χ0) is 29.1. The van der Waals surface area contributed by atoms with Crippen LogP contribution in [0.15, 0.2) is 53.1 Å². The fraction of sp³-hybridized carbons (Fsp3) is 0.300. The third-order valence-electron chi connectivity index (χ3n) is 7.97. The first-order chi connectivity index (χ1) is 19.5. The van der Waals surface area contributed by atoms with Crippen molar-refractivity contribution in [2.75, 3.05) is 0 Å². The maximum absolute atomic E-state index is 15.2. The molecule has 0 amide bonds. The maximum atomic E-state index is 15.2. The summed E-state index contributed by atoms with van der Waals surface area (Å²) in [5.41, 5.74) is 1.39. The van der Waals surface area contributed by atoms with E-state index in [0.717, 1.165) is 36.1 Å². The molecular formula is C30H24F5N3O3. The molecule has 1 unspecified atom stereocenters. The summed E-state index contributed by atoms with van der Waals surface area (Å²) in [5.74, 6) is -3.23. The van der Waals surface area contributed by atoms with E-state index in [1.165, 1.54) is 19.1 Å². The lowest BCUT2D eigenvalue weighted by Gasteiger charge is -2.35. The van der Waals surface area contributed by atoms with Gasteiger partial charge in [0.05, 0.1) is 17.0 Å². The van der Waals surface area contributed by atoms with Gasteiger partial charge in [0.2, 0.25) is 5.82 Å². The number of hydrogen-bond donors (Lipinski definition) is 2. The molecule has 2 aliphatic carbocycles. The van der Waals surface area contributed by atoms with Gasteiger partial charge in [0.25, 0.3) is 5.89 Å². The summed E-state index contributed by atoms with van der Waals surface area (Å²) in [6.45, 7) is 1.53. The van der Waals surface area contributed by atoms with Crippen molar-refractivity contribution in [3.63, 3.8) is 0 Å². The van der Waals surface area contributed by atoms with Crippen molar-refractivity contribution in [2.24, 2.45) is 5.92 Å². The number of carbonyl (C=O) groups is 1. The van der Waals surface area contributed by atoms with Gasteiger partial charge in [-0.05, 0) is 79.1 Å². The number of benzene rings is 3. The number of aliphatic carboxylic acids is 1. The van der Waals surface area contributed by atoms with Crippen molar-refractivity contribution in [1.82, 2.24) is 15.5 Å². The molecule has 1 fully saturated rings. The van der Waals surface area contributed by atoms with Crippen molar-refractivity contribution >= 4 is 5.97 Å². The molecule has 6 rings (SSSR count). The van der Waals surface area contributed by atoms with Crippen LogP contribution in [0.2, 0.25) is 0 Å². The number of halogens is 5. The van der Waals surface area contributed by atoms with Crippen LogP contribution in [0.5, 0.6) is 0 Å². The minimum Gasteiger partial charge on any atom is -0.481 e. The molecule has 2 N–H and O–H groups in total. The van der Waals surface area contributed by atoms with E-state index in [1.54, 1.807) is 0 Å². The zero-order valence-corrected chi connectivity index (χ0v) is 21.7. The van der Waals surface area contributed by atoms with Crippen LogP contribution in [0.1, 0.15) is 47.6 Å². The monoisotopic (exact) mass is 569 g/mol. The number of rotatable bonds is 6. The molecule has 1 saturated carbocycles. The molecule has 3 aromatic carbocycles. The van der Waals surface area contributed by atoms with Gasteiger partial charge in [0, 0.05) is 23.2 Å². The molecule has 6 nitrogen and oxygen atoms in total. The second-order valence-electron chi connectivity index (χ2n) is 10.6. The lowest BCUT2D eigenvalue weighted by atomic mass is 9.80. The second kappa shape index (κ2) is 10.1. The van der Waals surface area contributed by atoms with Crippen molar-refractivity contribution in [3.05, 3.63) is 82.4 Å². The Labute approximate surface area is 231 Å². The summed E-state index contributed by atoms with van der Waals surface area (Å²) in [6.07, 6.45) is -1.94. The number of fused-ring (bicyclic) bond motifs is 1. The van der Waals surface area contributed by atoms with E-state index in [9.17, 15) is 22.4 Å². The normalized spacial score (nSPS) is 20.1. The minimum atomic E-state index is -4.89. The molecule has 0 radical (unpaired) electrons. The van der Waals surface area contributed by atoms with Crippen LogP contribution in [0.25, 0.3) is 34.0 Å². The van der Waals surface area contributed by atoms with Crippen LogP contribution in [0, 0.1) is 24.5 Å². The molecular weight excluding hydrogens is 545 g/mol. The highest BCUT2D eigenvalue weighted by Gasteiger charge is 2.37. The van der Waals surface area contributed by atoms with E-state index < -0.39 is 29.3 Å². The lowest BCUT2D eigenvalue weighted by molar-refractivity contribution is -0.145. The number of carboxylic acid groups (broad SMARTS) is 1. The van der Waals surface area contributed by atoms with Gasteiger partial charge in [-0.25, -0.2) is 8.78 Å². The number of aromatic nitrogens is 2. The minimum absolute atomic E-state index is 0.0169. The molecule has 11 heteroatoms. The number of nitrogens with zero attached hydrogens (tertiary/aromatic N) is 2. The maximum Gasteiger partial charge on any atom is 0.419 e. The predicted molar refractivity (Wildman–Crippen MR) is 139 cm³/mol. The molecule has 4 aromatic rings. The first-order valence-electron chi connectivity index (χ1n) is 13.1. The topological polar surface area (TPSA) is 88.2 Å². The SMILES string of the molecule is Cc1cc(-c2nc(-c3ccc4c(c3)CCC4NC3CC(C(=O)O)C3)no2)c(F)cc1-c1cccc(C(F)(F)F)c1F. The van der Waals surface area contributed by atoms with E-state index in [1.807, 2.05) is 18.2 Å². The molecule has 2 aliphatic rings. The highest BCUT2D eigenvalue weighted by atomic mass is 19.4. The van der Waals surface area contributed by atoms with Crippen LogP contribution in [-0.2, 0) is 17.4 Å². The number of carboxylic acids is 1. The summed E-state index contributed by atoms with van der Waals surface area (Å²) in [4.78, 5) is 15.4. The van der Waals surface area contributed by atoms with Crippen molar-refractivity contribution in [3.8, 4) is 34.0 Å². The highest BCUT2D eigenvalue weighted by Crippen LogP contribution is 2.39. The first-order valence-corrected chi connectivity index (χ1v) is 13.1. The average molecular weight is 570 g/mol. The van der Waals surface area contributed by atoms with Crippen molar-refractivity contribution in [1.29, 1.82) is 0 Å². The smallest absolute Gasteiger partial charge is 0.419 e. The predicted octanol–water partition coefficient (Wildman–Crippen LogP) is 7.12. The molecule has 0 bridgehead atoms. The molecule has 1 aromatic heterocycles. The van der Waals surface area contributed by atoms with Gasteiger partial charge in [-0.1, -0.05) is 29.4 Å². The summed E-state index contributed by atoms with van der Waals surface area (Å²) in [6, 6.07) is 11.3. The summed E-state index contributed by atoms with van der Waals surface area (Å²) >= 11 is 0. The summed E-state index contributed by atoms with van der Waals surface area (Å²) in [7, 11) is 0. The van der Waals surface area contributed by atoms with Crippen molar-refractivity contribution in [2.45, 2.75) is 50.9 Å². The number of hydrogen-bond acceptors (Lipinski definition) is 5. The molecule has 0 aliphatic heterocycles. The lowest BCUT2D eigenvalue weighted by Crippen LogP contribution is -2.45. The first kappa shape index (κ1) is 27.1. The van der Waals surface area contributed by atoms with Gasteiger partial charge in [-0.3, -0.25) is 4.79 Å². The van der Waals surface area contributed by atoms with E-state index >= 15 is 4.39 Å². The third kappa shape index (κ3) is 4.99. The summed E-state index contributed by atoms with van der Waals surface area (Å²) in [5, 5.41) is 16.6. The second-order valence-corrected chi connectivity index (χ2v) is 10.6. The van der Waals surface area contributed by atoms with Crippen LogP contribution in [0.4, 0.5) is 22.0 Å².